The van der Waals surface area contributed by atoms with E-state index in [1.807, 2.05) is 0 Å². The Labute approximate surface area is 119 Å². The van der Waals surface area contributed by atoms with E-state index < -0.39 is 16.8 Å². The van der Waals surface area contributed by atoms with Crippen LogP contribution in [-0.4, -0.2) is 16.0 Å². The highest BCUT2D eigenvalue weighted by Crippen LogP contribution is 2.39. The number of nitro benzene ring substituents is 1. The fourth-order valence-corrected chi connectivity index (χ4v) is 2.54. The Morgan fingerprint density at radius 3 is 2.71 bits per heavy atom. The summed E-state index contributed by atoms with van der Waals surface area (Å²) in [6, 6.07) is 11.1. The van der Waals surface area contributed by atoms with Gasteiger partial charge >= 0.3 is 5.97 Å². The van der Waals surface area contributed by atoms with Gasteiger partial charge in [-0.1, -0.05) is 24.3 Å². The number of carbonyl (C=O) groups is 1. The predicted molar refractivity (Wildman–Crippen MR) is 73.3 cm³/mol. The maximum absolute atomic E-state index is 11.7. The largest absolute Gasteiger partial charge is 0.489 e. The van der Waals surface area contributed by atoms with Gasteiger partial charge in [-0.25, -0.2) is 0 Å². The number of hydrogen-bond acceptors (Lipinski definition) is 4. The van der Waals surface area contributed by atoms with Crippen molar-refractivity contribution in [1.29, 1.82) is 0 Å². The summed E-state index contributed by atoms with van der Waals surface area (Å²) in [6.45, 7) is 0.241. The Morgan fingerprint density at radius 2 is 2.00 bits per heavy atom. The van der Waals surface area contributed by atoms with Gasteiger partial charge < -0.3 is 9.84 Å². The molecule has 0 saturated heterocycles. The van der Waals surface area contributed by atoms with Gasteiger partial charge in [0.15, 0.2) is 0 Å². The van der Waals surface area contributed by atoms with E-state index in [0.29, 0.717) is 16.9 Å². The fourth-order valence-electron chi connectivity index (χ4n) is 2.54. The predicted octanol–water partition coefficient (Wildman–Crippen LogP) is 2.70. The third-order valence-electron chi connectivity index (χ3n) is 3.51. The molecule has 1 aliphatic heterocycles. The summed E-state index contributed by atoms with van der Waals surface area (Å²) in [4.78, 5) is 22.1. The summed E-state index contributed by atoms with van der Waals surface area (Å²) in [5.41, 5.74) is 1.53. The van der Waals surface area contributed by atoms with Gasteiger partial charge in [0.25, 0.3) is 5.69 Å². The molecule has 1 N–H and O–H groups in total. The number of non-ortho nitro benzene ring substituents is 1. The molecule has 0 aliphatic carbocycles. The van der Waals surface area contributed by atoms with Crippen LogP contribution in [0.3, 0.4) is 0 Å². The minimum absolute atomic E-state index is 0.150. The van der Waals surface area contributed by atoms with E-state index in [1.165, 1.54) is 18.2 Å². The zero-order valence-corrected chi connectivity index (χ0v) is 10.9. The Kier molecular flexibility index (Phi) is 3.06. The van der Waals surface area contributed by atoms with Crippen LogP contribution in [0.4, 0.5) is 5.69 Å². The highest BCUT2D eigenvalue weighted by atomic mass is 16.6. The third-order valence-corrected chi connectivity index (χ3v) is 3.51. The van der Waals surface area contributed by atoms with Crippen molar-refractivity contribution in [1.82, 2.24) is 0 Å². The van der Waals surface area contributed by atoms with Crippen molar-refractivity contribution >= 4 is 11.7 Å². The number of carboxylic acid groups (broad SMARTS) is 1. The molecule has 0 amide bonds. The van der Waals surface area contributed by atoms with Crippen LogP contribution in [-0.2, 0) is 11.4 Å². The second-order valence-electron chi connectivity index (χ2n) is 4.74. The van der Waals surface area contributed by atoms with Crippen LogP contribution in [0.5, 0.6) is 5.75 Å². The Morgan fingerprint density at radius 1 is 1.24 bits per heavy atom. The molecular weight excluding hydrogens is 274 g/mol. The summed E-state index contributed by atoms with van der Waals surface area (Å²) >= 11 is 0. The molecule has 0 fully saturated rings. The van der Waals surface area contributed by atoms with E-state index in [9.17, 15) is 20.0 Å². The first-order valence-corrected chi connectivity index (χ1v) is 6.29. The molecule has 1 aliphatic rings. The van der Waals surface area contributed by atoms with Crippen LogP contribution < -0.4 is 4.74 Å². The van der Waals surface area contributed by atoms with Gasteiger partial charge in [0.1, 0.15) is 18.3 Å². The first-order valence-electron chi connectivity index (χ1n) is 6.29. The van der Waals surface area contributed by atoms with Gasteiger partial charge in [-0.3, -0.25) is 14.9 Å². The highest BCUT2D eigenvalue weighted by Gasteiger charge is 2.31. The van der Waals surface area contributed by atoms with Gasteiger partial charge in [-0.15, -0.1) is 0 Å². The third kappa shape index (κ3) is 2.20. The maximum Gasteiger partial charge on any atom is 0.315 e. The lowest BCUT2D eigenvalue weighted by Crippen LogP contribution is -2.14. The summed E-state index contributed by atoms with van der Waals surface area (Å²) in [5, 5.41) is 20.5. The summed E-state index contributed by atoms with van der Waals surface area (Å²) < 4.78 is 5.60. The molecule has 2 aromatic rings. The lowest BCUT2D eigenvalue weighted by atomic mass is 9.88. The number of ether oxygens (including phenoxy) is 1. The first kappa shape index (κ1) is 13.1. The van der Waals surface area contributed by atoms with Crippen molar-refractivity contribution in [3.63, 3.8) is 0 Å². The summed E-state index contributed by atoms with van der Waals surface area (Å²) in [5.74, 6) is -1.67. The number of aliphatic carboxylic acids is 1. The van der Waals surface area contributed by atoms with Crippen molar-refractivity contribution < 1.29 is 19.6 Å². The lowest BCUT2D eigenvalue weighted by Gasteiger charge is -2.14. The van der Waals surface area contributed by atoms with Crippen LogP contribution in [0.25, 0.3) is 0 Å². The molecule has 0 bridgehead atoms. The van der Waals surface area contributed by atoms with Gasteiger partial charge in [0.2, 0.25) is 0 Å². The SMILES string of the molecule is O=C(O)[C@@H]1c2ccccc2COc2ccc([N+](=O)[O-])cc21. The number of carboxylic acids is 1. The summed E-state index contributed by atoms with van der Waals surface area (Å²) in [7, 11) is 0. The average Bonchev–Trinajstić information content (AvgIpc) is 2.62. The van der Waals surface area contributed by atoms with Gasteiger partial charge in [-0.2, -0.15) is 0 Å². The lowest BCUT2D eigenvalue weighted by molar-refractivity contribution is -0.384. The Balaban J connectivity index is 2.24. The zero-order chi connectivity index (χ0) is 15.0. The van der Waals surface area contributed by atoms with Crippen molar-refractivity contribution in [3.05, 3.63) is 69.3 Å². The molecule has 1 atom stereocenters. The monoisotopic (exact) mass is 285 g/mol. The molecule has 106 valence electrons. The van der Waals surface area contributed by atoms with E-state index in [4.69, 9.17) is 4.74 Å². The van der Waals surface area contributed by atoms with Crippen molar-refractivity contribution in [3.8, 4) is 5.75 Å². The van der Waals surface area contributed by atoms with Crippen molar-refractivity contribution in [2.75, 3.05) is 0 Å². The Bertz CT molecular complexity index is 741. The topological polar surface area (TPSA) is 89.7 Å². The average molecular weight is 285 g/mol. The van der Waals surface area contributed by atoms with Gasteiger partial charge in [-0.05, 0) is 17.2 Å². The van der Waals surface area contributed by atoms with Crippen molar-refractivity contribution in [2.45, 2.75) is 12.5 Å². The smallest absolute Gasteiger partial charge is 0.315 e. The van der Waals surface area contributed by atoms with E-state index in [1.54, 1.807) is 24.3 Å². The molecule has 0 unspecified atom stereocenters. The molecule has 0 aromatic heterocycles. The number of hydrogen-bond donors (Lipinski definition) is 1. The standard InChI is InChI=1S/C15H11NO5/c17-15(18)14-11-4-2-1-3-9(11)8-21-13-6-5-10(16(19)20)7-12(13)14/h1-7,14H,8H2,(H,17,18)/t14-/m1/s1. The first-order chi connectivity index (χ1) is 10.1. The molecule has 0 radical (unpaired) electrons. The molecule has 21 heavy (non-hydrogen) atoms. The van der Waals surface area contributed by atoms with E-state index in [-0.39, 0.29) is 12.3 Å². The van der Waals surface area contributed by atoms with Crippen LogP contribution in [0.1, 0.15) is 22.6 Å². The van der Waals surface area contributed by atoms with Crippen LogP contribution in [0.2, 0.25) is 0 Å². The Hall–Kier alpha value is -2.89. The molecule has 3 rings (SSSR count). The number of nitro groups is 1. The molecule has 6 nitrogen and oxygen atoms in total. The molecule has 0 saturated carbocycles. The molecule has 1 heterocycles. The number of nitrogens with zero attached hydrogens (tertiary/aromatic N) is 1. The van der Waals surface area contributed by atoms with E-state index in [2.05, 4.69) is 0 Å². The van der Waals surface area contributed by atoms with E-state index >= 15 is 0 Å². The van der Waals surface area contributed by atoms with Gasteiger partial charge in [0, 0.05) is 17.7 Å². The number of fused-ring (bicyclic) bond motifs is 2. The molecule has 6 heteroatoms. The highest BCUT2D eigenvalue weighted by molar-refractivity contribution is 5.82. The second kappa shape index (κ2) is 4.90. The minimum atomic E-state index is -1.06. The number of rotatable bonds is 2. The zero-order valence-electron chi connectivity index (χ0n) is 10.9. The normalized spacial score (nSPS) is 16.1. The van der Waals surface area contributed by atoms with Crippen LogP contribution >= 0.6 is 0 Å². The quantitative estimate of drug-likeness (QED) is 0.676. The van der Waals surface area contributed by atoms with E-state index in [0.717, 1.165) is 5.56 Å². The van der Waals surface area contributed by atoms with Crippen molar-refractivity contribution in [2.24, 2.45) is 0 Å². The summed E-state index contributed by atoms with van der Waals surface area (Å²) in [6.07, 6.45) is 0. The molecule has 0 spiro atoms. The van der Waals surface area contributed by atoms with Crippen LogP contribution in [0, 0.1) is 10.1 Å². The molecular formula is C15H11NO5. The second-order valence-corrected chi connectivity index (χ2v) is 4.74. The fraction of sp³-hybridized carbons (Fsp3) is 0.133. The maximum atomic E-state index is 11.7. The van der Waals surface area contributed by atoms with Gasteiger partial charge in [0.05, 0.1) is 4.92 Å². The minimum Gasteiger partial charge on any atom is -0.489 e. The number of benzene rings is 2. The van der Waals surface area contributed by atoms with Crippen LogP contribution in [0.15, 0.2) is 42.5 Å². The molecule has 2 aromatic carbocycles.